The first-order chi connectivity index (χ1) is 5.36. The molecule has 0 amide bonds. The van der Waals surface area contributed by atoms with Crippen molar-refractivity contribution in [1.82, 2.24) is 5.32 Å². The molecule has 0 bridgehead atoms. The van der Waals surface area contributed by atoms with Crippen LogP contribution in [0.5, 0.6) is 5.75 Å². The second kappa shape index (κ2) is 3.95. The SMILES string of the molecule is CNCc1ccc(ON)cc1. The van der Waals surface area contributed by atoms with Gasteiger partial charge in [0.2, 0.25) is 0 Å². The Bertz CT molecular complexity index is 208. The summed E-state index contributed by atoms with van der Waals surface area (Å²) in [6.45, 7) is 0.866. The smallest absolute Gasteiger partial charge is 0.146 e. The molecular formula is C8H12N2O. The fourth-order valence-electron chi connectivity index (χ4n) is 0.890. The Kier molecular flexibility index (Phi) is 2.89. The van der Waals surface area contributed by atoms with Crippen LogP contribution in [0.2, 0.25) is 0 Å². The summed E-state index contributed by atoms with van der Waals surface area (Å²) >= 11 is 0. The minimum atomic E-state index is 0.685. The summed E-state index contributed by atoms with van der Waals surface area (Å²) in [7, 11) is 1.91. The number of hydrogen-bond donors (Lipinski definition) is 2. The van der Waals surface area contributed by atoms with Crippen LogP contribution in [0.3, 0.4) is 0 Å². The quantitative estimate of drug-likeness (QED) is 0.625. The van der Waals surface area contributed by atoms with Crippen LogP contribution < -0.4 is 16.1 Å². The van der Waals surface area contributed by atoms with E-state index in [2.05, 4.69) is 10.2 Å². The lowest BCUT2D eigenvalue weighted by Crippen LogP contribution is -2.05. The summed E-state index contributed by atoms with van der Waals surface area (Å²) in [6, 6.07) is 7.62. The molecule has 1 aromatic rings. The molecule has 0 saturated carbocycles. The summed E-state index contributed by atoms with van der Waals surface area (Å²) in [6.07, 6.45) is 0. The molecule has 0 aliphatic carbocycles. The predicted octanol–water partition coefficient (Wildman–Crippen LogP) is 0.658. The highest BCUT2D eigenvalue weighted by molar-refractivity contribution is 5.26. The summed E-state index contributed by atoms with van der Waals surface area (Å²) in [5, 5.41) is 3.05. The third-order valence-electron chi connectivity index (χ3n) is 1.44. The van der Waals surface area contributed by atoms with Crippen LogP contribution in [0.25, 0.3) is 0 Å². The molecule has 3 nitrogen and oxygen atoms in total. The second-order valence-electron chi connectivity index (χ2n) is 2.29. The van der Waals surface area contributed by atoms with E-state index in [0.717, 1.165) is 6.54 Å². The first-order valence-electron chi connectivity index (χ1n) is 3.47. The van der Waals surface area contributed by atoms with Crippen molar-refractivity contribution in [3.63, 3.8) is 0 Å². The Hall–Kier alpha value is -1.06. The Labute approximate surface area is 66.1 Å². The van der Waals surface area contributed by atoms with Crippen LogP contribution in [0.1, 0.15) is 5.56 Å². The molecule has 3 heteroatoms. The lowest BCUT2D eigenvalue weighted by Gasteiger charge is -2.00. The van der Waals surface area contributed by atoms with Crippen molar-refractivity contribution in [2.45, 2.75) is 6.54 Å². The molecule has 1 rings (SSSR count). The van der Waals surface area contributed by atoms with Gasteiger partial charge in [0.15, 0.2) is 0 Å². The van der Waals surface area contributed by atoms with Crippen LogP contribution in [-0.4, -0.2) is 7.05 Å². The Morgan fingerprint density at radius 3 is 2.45 bits per heavy atom. The minimum Gasteiger partial charge on any atom is -0.412 e. The molecule has 11 heavy (non-hydrogen) atoms. The van der Waals surface area contributed by atoms with E-state index in [0.29, 0.717) is 5.75 Å². The molecule has 0 heterocycles. The number of nitrogens with one attached hydrogen (secondary N) is 1. The maximum atomic E-state index is 4.96. The molecule has 0 saturated heterocycles. The largest absolute Gasteiger partial charge is 0.412 e. The zero-order valence-electron chi connectivity index (χ0n) is 6.50. The van der Waals surface area contributed by atoms with Gasteiger partial charge in [0.1, 0.15) is 5.75 Å². The van der Waals surface area contributed by atoms with Crippen molar-refractivity contribution in [3.8, 4) is 5.75 Å². The van der Waals surface area contributed by atoms with Gasteiger partial charge in [-0.2, -0.15) is 5.90 Å². The normalized spacial score (nSPS) is 9.64. The Morgan fingerprint density at radius 2 is 2.00 bits per heavy atom. The van der Waals surface area contributed by atoms with E-state index in [-0.39, 0.29) is 0 Å². The maximum Gasteiger partial charge on any atom is 0.146 e. The fraction of sp³-hybridized carbons (Fsp3) is 0.250. The lowest BCUT2D eigenvalue weighted by molar-refractivity contribution is 0.334. The van der Waals surface area contributed by atoms with Gasteiger partial charge in [0.25, 0.3) is 0 Å². The molecule has 0 spiro atoms. The van der Waals surface area contributed by atoms with Gasteiger partial charge < -0.3 is 10.2 Å². The van der Waals surface area contributed by atoms with Gasteiger partial charge in [-0.15, -0.1) is 0 Å². The summed E-state index contributed by atoms with van der Waals surface area (Å²) in [4.78, 5) is 4.53. The summed E-state index contributed by atoms with van der Waals surface area (Å²) in [5.74, 6) is 5.64. The van der Waals surface area contributed by atoms with Crippen molar-refractivity contribution in [3.05, 3.63) is 29.8 Å². The lowest BCUT2D eigenvalue weighted by atomic mass is 10.2. The molecule has 0 unspecified atom stereocenters. The zero-order chi connectivity index (χ0) is 8.10. The van der Waals surface area contributed by atoms with Crippen molar-refractivity contribution in [1.29, 1.82) is 0 Å². The molecule has 1 aromatic carbocycles. The number of rotatable bonds is 3. The molecule has 0 aliphatic rings. The first-order valence-corrected chi connectivity index (χ1v) is 3.47. The third-order valence-corrected chi connectivity index (χ3v) is 1.44. The fourth-order valence-corrected chi connectivity index (χ4v) is 0.890. The van der Waals surface area contributed by atoms with E-state index in [9.17, 15) is 0 Å². The van der Waals surface area contributed by atoms with Crippen LogP contribution >= 0.6 is 0 Å². The van der Waals surface area contributed by atoms with Crippen molar-refractivity contribution < 1.29 is 4.84 Å². The van der Waals surface area contributed by atoms with Gasteiger partial charge in [-0.05, 0) is 24.7 Å². The van der Waals surface area contributed by atoms with E-state index in [1.54, 1.807) is 0 Å². The zero-order valence-corrected chi connectivity index (χ0v) is 6.50. The van der Waals surface area contributed by atoms with E-state index in [1.165, 1.54) is 5.56 Å². The molecule has 60 valence electrons. The average molecular weight is 152 g/mol. The van der Waals surface area contributed by atoms with Crippen molar-refractivity contribution in [2.75, 3.05) is 7.05 Å². The standard InChI is InChI=1S/C8H12N2O/c1-10-6-7-2-4-8(11-9)5-3-7/h2-5,10H,6,9H2,1H3. The first kappa shape index (κ1) is 8.04. The van der Waals surface area contributed by atoms with Crippen LogP contribution in [0.15, 0.2) is 24.3 Å². The number of nitrogens with two attached hydrogens (primary N) is 1. The second-order valence-corrected chi connectivity index (χ2v) is 2.29. The monoisotopic (exact) mass is 152 g/mol. The molecule has 0 aliphatic heterocycles. The van der Waals surface area contributed by atoms with Gasteiger partial charge in [-0.25, -0.2) is 0 Å². The van der Waals surface area contributed by atoms with Gasteiger partial charge in [0, 0.05) is 6.54 Å². The highest BCUT2D eigenvalue weighted by Gasteiger charge is 1.91. The summed E-state index contributed by atoms with van der Waals surface area (Å²) < 4.78 is 0. The van der Waals surface area contributed by atoms with Gasteiger partial charge in [-0.1, -0.05) is 12.1 Å². The van der Waals surface area contributed by atoms with Crippen LogP contribution in [0.4, 0.5) is 0 Å². The van der Waals surface area contributed by atoms with E-state index >= 15 is 0 Å². The maximum absolute atomic E-state index is 4.96. The van der Waals surface area contributed by atoms with E-state index in [4.69, 9.17) is 5.90 Å². The van der Waals surface area contributed by atoms with Crippen molar-refractivity contribution >= 4 is 0 Å². The third kappa shape index (κ3) is 2.22. The molecular weight excluding hydrogens is 140 g/mol. The average Bonchev–Trinajstić information content (AvgIpc) is 2.07. The molecule has 0 radical (unpaired) electrons. The molecule has 3 N–H and O–H groups in total. The van der Waals surface area contributed by atoms with Crippen LogP contribution in [0, 0.1) is 0 Å². The molecule has 0 aromatic heterocycles. The highest BCUT2D eigenvalue weighted by atomic mass is 16.6. The van der Waals surface area contributed by atoms with Gasteiger partial charge in [-0.3, -0.25) is 0 Å². The van der Waals surface area contributed by atoms with Crippen molar-refractivity contribution in [2.24, 2.45) is 5.90 Å². The molecule has 0 atom stereocenters. The number of benzene rings is 1. The Morgan fingerprint density at radius 1 is 1.36 bits per heavy atom. The Balaban J connectivity index is 2.66. The highest BCUT2D eigenvalue weighted by Crippen LogP contribution is 2.09. The molecule has 0 fully saturated rings. The van der Waals surface area contributed by atoms with E-state index < -0.39 is 0 Å². The van der Waals surface area contributed by atoms with E-state index in [1.807, 2.05) is 31.3 Å². The summed E-state index contributed by atoms with van der Waals surface area (Å²) in [5.41, 5.74) is 1.22. The van der Waals surface area contributed by atoms with Crippen LogP contribution in [-0.2, 0) is 6.54 Å². The number of hydrogen-bond acceptors (Lipinski definition) is 3. The minimum absolute atomic E-state index is 0.685. The topological polar surface area (TPSA) is 47.3 Å². The predicted molar refractivity (Wildman–Crippen MR) is 44.0 cm³/mol. The van der Waals surface area contributed by atoms with Gasteiger partial charge >= 0.3 is 0 Å². The van der Waals surface area contributed by atoms with Gasteiger partial charge in [0.05, 0.1) is 0 Å².